The Kier molecular flexibility index (Phi) is 4.20. The van der Waals surface area contributed by atoms with Crippen LogP contribution >= 0.6 is 0 Å². The fourth-order valence-electron chi connectivity index (χ4n) is 1.98. The standard InChI is InChI=1S/C15H22N4/c1-11(2)15-17-14(19(4)18-15)9-10-16-13-8-6-5-7-12(13)3/h5-8,11,16H,9-10H2,1-4H3. The van der Waals surface area contributed by atoms with Gasteiger partial charge in [-0.05, 0) is 18.6 Å². The Morgan fingerprint density at radius 2 is 2.00 bits per heavy atom. The Bertz CT molecular complexity index is 543. The van der Waals surface area contributed by atoms with E-state index >= 15 is 0 Å². The lowest BCUT2D eigenvalue weighted by Crippen LogP contribution is -2.09. The van der Waals surface area contributed by atoms with Gasteiger partial charge in [0.1, 0.15) is 5.82 Å². The predicted molar refractivity (Wildman–Crippen MR) is 78.5 cm³/mol. The van der Waals surface area contributed by atoms with Crippen molar-refractivity contribution in [2.24, 2.45) is 7.05 Å². The second-order valence-electron chi connectivity index (χ2n) is 5.16. The summed E-state index contributed by atoms with van der Waals surface area (Å²) < 4.78 is 1.88. The maximum absolute atomic E-state index is 4.57. The molecule has 0 unspecified atom stereocenters. The van der Waals surface area contributed by atoms with Gasteiger partial charge in [-0.2, -0.15) is 5.10 Å². The molecule has 102 valence electrons. The molecule has 0 bridgehead atoms. The van der Waals surface area contributed by atoms with Gasteiger partial charge in [-0.3, -0.25) is 4.68 Å². The molecule has 0 fully saturated rings. The van der Waals surface area contributed by atoms with Gasteiger partial charge in [0.2, 0.25) is 0 Å². The quantitative estimate of drug-likeness (QED) is 0.896. The number of aromatic nitrogens is 3. The van der Waals surface area contributed by atoms with Gasteiger partial charge in [-0.15, -0.1) is 0 Å². The number of benzene rings is 1. The van der Waals surface area contributed by atoms with Crippen molar-refractivity contribution in [1.29, 1.82) is 0 Å². The predicted octanol–water partition coefficient (Wildman–Crippen LogP) is 2.90. The largest absolute Gasteiger partial charge is 0.384 e. The zero-order chi connectivity index (χ0) is 13.8. The lowest BCUT2D eigenvalue weighted by molar-refractivity contribution is 0.681. The SMILES string of the molecule is Cc1ccccc1NCCc1nc(C(C)C)nn1C. The molecule has 0 spiro atoms. The highest BCUT2D eigenvalue weighted by atomic mass is 15.3. The molecule has 2 aromatic rings. The first-order valence-electron chi connectivity index (χ1n) is 6.77. The molecule has 0 saturated heterocycles. The average Bonchev–Trinajstić information content (AvgIpc) is 2.74. The van der Waals surface area contributed by atoms with Crippen LogP contribution in [0.2, 0.25) is 0 Å². The number of hydrogen-bond donors (Lipinski definition) is 1. The molecule has 0 atom stereocenters. The minimum atomic E-state index is 0.379. The Morgan fingerprint density at radius 3 is 2.63 bits per heavy atom. The summed E-state index contributed by atoms with van der Waals surface area (Å²) in [6.45, 7) is 7.21. The molecule has 0 aliphatic rings. The minimum absolute atomic E-state index is 0.379. The number of hydrogen-bond acceptors (Lipinski definition) is 3. The highest BCUT2D eigenvalue weighted by Crippen LogP contribution is 2.13. The van der Waals surface area contributed by atoms with Crippen LogP contribution in [0.25, 0.3) is 0 Å². The monoisotopic (exact) mass is 258 g/mol. The van der Waals surface area contributed by atoms with Crippen molar-refractivity contribution in [3.05, 3.63) is 41.5 Å². The first-order chi connectivity index (χ1) is 9.08. The van der Waals surface area contributed by atoms with E-state index < -0.39 is 0 Å². The lowest BCUT2D eigenvalue weighted by atomic mass is 10.2. The molecule has 1 aromatic heterocycles. The van der Waals surface area contributed by atoms with Crippen LogP contribution in [0.15, 0.2) is 24.3 Å². The minimum Gasteiger partial charge on any atom is -0.384 e. The molecule has 2 rings (SSSR count). The fraction of sp³-hybridized carbons (Fsp3) is 0.467. The number of aryl methyl sites for hydroxylation is 2. The van der Waals surface area contributed by atoms with E-state index in [1.807, 2.05) is 11.7 Å². The van der Waals surface area contributed by atoms with E-state index in [0.29, 0.717) is 5.92 Å². The van der Waals surface area contributed by atoms with Gasteiger partial charge in [0, 0.05) is 31.6 Å². The third kappa shape index (κ3) is 3.34. The van der Waals surface area contributed by atoms with Crippen molar-refractivity contribution >= 4 is 5.69 Å². The van der Waals surface area contributed by atoms with Crippen LogP contribution in [0.5, 0.6) is 0 Å². The third-order valence-electron chi connectivity index (χ3n) is 3.20. The molecule has 19 heavy (non-hydrogen) atoms. The fourth-order valence-corrected chi connectivity index (χ4v) is 1.98. The molecule has 0 aliphatic heterocycles. The Balaban J connectivity index is 1.94. The molecule has 0 amide bonds. The maximum Gasteiger partial charge on any atom is 0.153 e. The van der Waals surface area contributed by atoms with Crippen molar-refractivity contribution in [2.45, 2.75) is 33.1 Å². The first-order valence-corrected chi connectivity index (χ1v) is 6.77. The van der Waals surface area contributed by atoms with Crippen molar-refractivity contribution in [3.8, 4) is 0 Å². The van der Waals surface area contributed by atoms with Gasteiger partial charge in [0.05, 0.1) is 0 Å². The van der Waals surface area contributed by atoms with Gasteiger partial charge in [-0.25, -0.2) is 4.98 Å². The Hall–Kier alpha value is -1.84. The third-order valence-corrected chi connectivity index (χ3v) is 3.20. The molecule has 0 saturated carbocycles. The molecule has 1 N–H and O–H groups in total. The Morgan fingerprint density at radius 1 is 1.26 bits per heavy atom. The number of nitrogens with one attached hydrogen (secondary N) is 1. The summed E-state index contributed by atoms with van der Waals surface area (Å²) in [5, 5.41) is 7.88. The van der Waals surface area contributed by atoms with Gasteiger partial charge in [-0.1, -0.05) is 32.0 Å². The topological polar surface area (TPSA) is 42.7 Å². The number of anilines is 1. The summed E-state index contributed by atoms with van der Waals surface area (Å²) in [4.78, 5) is 4.57. The van der Waals surface area contributed by atoms with E-state index in [1.165, 1.54) is 11.3 Å². The van der Waals surface area contributed by atoms with Crippen molar-refractivity contribution in [3.63, 3.8) is 0 Å². The summed E-state index contributed by atoms with van der Waals surface area (Å²) in [5.74, 6) is 2.34. The molecular formula is C15H22N4. The summed E-state index contributed by atoms with van der Waals surface area (Å²) >= 11 is 0. The maximum atomic E-state index is 4.57. The van der Waals surface area contributed by atoms with E-state index in [2.05, 4.69) is 60.4 Å². The van der Waals surface area contributed by atoms with E-state index in [0.717, 1.165) is 24.6 Å². The highest BCUT2D eigenvalue weighted by Gasteiger charge is 2.09. The van der Waals surface area contributed by atoms with Crippen LogP contribution in [0, 0.1) is 6.92 Å². The van der Waals surface area contributed by atoms with Crippen LogP contribution in [0.3, 0.4) is 0 Å². The van der Waals surface area contributed by atoms with Crippen molar-refractivity contribution in [2.75, 3.05) is 11.9 Å². The summed E-state index contributed by atoms with van der Waals surface area (Å²) in [7, 11) is 1.96. The normalized spacial score (nSPS) is 11.0. The summed E-state index contributed by atoms with van der Waals surface area (Å²) in [6.07, 6.45) is 0.880. The van der Waals surface area contributed by atoms with Crippen LogP contribution < -0.4 is 5.32 Å². The molecule has 4 nitrogen and oxygen atoms in total. The second-order valence-corrected chi connectivity index (χ2v) is 5.16. The average molecular weight is 258 g/mol. The van der Waals surface area contributed by atoms with Gasteiger partial charge < -0.3 is 5.32 Å². The smallest absolute Gasteiger partial charge is 0.153 e. The van der Waals surface area contributed by atoms with E-state index in [4.69, 9.17) is 0 Å². The molecule has 4 heteroatoms. The zero-order valence-corrected chi connectivity index (χ0v) is 12.1. The molecule has 0 radical (unpaired) electrons. The lowest BCUT2D eigenvalue weighted by Gasteiger charge is -2.08. The van der Waals surface area contributed by atoms with Crippen LogP contribution in [-0.4, -0.2) is 21.3 Å². The zero-order valence-electron chi connectivity index (χ0n) is 12.1. The first kappa shape index (κ1) is 13.6. The van der Waals surface area contributed by atoms with Crippen LogP contribution in [-0.2, 0) is 13.5 Å². The number of para-hydroxylation sites is 1. The van der Waals surface area contributed by atoms with Gasteiger partial charge in [0.15, 0.2) is 5.82 Å². The van der Waals surface area contributed by atoms with Crippen LogP contribution in [0.1, 0.15) is 37.0 Å². The second kappa shape index (κ2) is 5.87. The summed E-state index contributed by atoms with van der Waals surface area (Å²) in [6, 6.07) is 8.32. The highest BCUT2D eigenvalue weighted by molar-refractivity contribution is 5.50. The van der Waals surface area contributed by atoms with Gasteiger partial charge >= 0.3 is 0 Å². The van der Waals surface area contributed by atoms with Crippen molar-refractivity contribution in [1.82, 2.24) is 14.8 Å². The Labute approximate surface area is 114 Å². The molecule has 0 aliphatic carbocycles. The van der Waals surface area contributed by atoms with E-state index in [-0.39, 0.29) is 0 Å². The number of rotatable bonds is 5. The molecule has 1 heterocycles. The molecule has 1 aromatic carbocycles. The van der Waals surface area contributed by atoms with E-state index in [9.17, 15) is 0 Å². The van der Waals surface area contributed by atoms with Crippen molar-refractivity contribution < 1.29 is 0 Å². The van der Waals surface area contributed by atoms with Crippen LogP contribution in [0.4, 0.5) is 5.69 Å². The summed E-state index contributed by atoms with van der Waals surface area (Å²) in [5.41, 5.74) is 2.46. The number of nitrogens with zero attached hydrogens (tertiary/aromatic N) is 3. The molecular weight excluding hydrogens is 236 g/mol. The van der Waals surface area contributed by atoms with E-state index in [1.54, 1.807) is 0 Å². The van der Waals surface area contributed by atoms with Gasteiger partial charge in [0.25, 0.3) is 0 Å².